The summed E-state index contributed by atoms with van der Waals surface area (Å²) < 4.78 is 8.16. The fourth-order valence-electron chi connectivity index (χ4n) is 5.14. The molecule has 4 aromatic rings. The lowest BCUT2D eigenvalue weighted by atomic mass is 9.87. The topological polar surface area (TPSA) is 69.0 Å². The molecule has 2 aromatic heterocycles. The molecule has 0 spiro atoms. The second-order valence-corrected chi connectivity index (χ2v) is 8.95. The van der Waals surface area contributed by atoms with Gasteiger partial charge in [0.2, 0.25) is 5.91 Å². The standard InChI is InChI=1S/C28H26N4O2/c33-28(27-21-11-3-5-14-25(21)34-26-15-6-4-12-22(26)27)30-18-19-17-24(23-13-7-8-16-29-23)32(31-19)20-9-1-2-10-20/h3-8,11-17,20,27H,1-2,9-10,18H2,(H,30,33). The predicted octanol–water partition coefficient (Wildman–Crippen LogP) is 5.61. The van der Waals surface area contributed by atoms with Crippen molar-refractivity contribution in [2.75, 3.05) is 0 Å². The fourth-order valence-corrected chi connectivity index (χ4v) is 5.14. The Kier molecular flexibility index (Phi) is 5.34. The van der Waals surface area contributed by atoms with Crippen molar-refractivity contribution in [3.63, 3.8) is 0 Å². The van der Waals surface area contributed by atoms with Crippen molar-refractivity contribution < 1.29 is 9.53 Å². The summed E-state index contributed by atoms with van der Waals surface area (Å²) in [6, 6.07) is 23.9. The molecule has 6 rings (SSSR count). The van der Waals surface area contributed by atoms with Gasteiger partial charge in [0, 0.05) is 17.3 Å². The highest BCUT2D eigenvalue weighted by Gasteiger charge is 2.32. The maximum atomic E-state index is 13.5. The third-order valence-corrected chi connectivity index (χ3v) is 6.77. The molecule has 2 aliphatic rings. The fraction of sp³-hybridized carbons (Fsp3) is 0.250. The number of rotatable bonds is 5. The monoisotopic (exact) mass is 450 g/mol. The molecule has 1 saturated carbocycles. The van der Waals surface area contributed by atoms with E-state index in [1.165, 1.54) is 12.8 Å². The molecule has 0 atom stereocenters. The van der Waals surface area contributed by atoms with Gasteiger partial charge in [0.15, 0.2) is 0 Å². The van der Waals surface area contributed by atoms with Gasteiger partial charge in [-0.15, -0.1) is 0 Å². The van der Waals surface area contributed by atoms with E-state index in [0.717, 1.165) is 52.5 Å². The SMILES string of the molecule is O=C(NCc1cc(-c2ccccn2)n(C2CCCC2)n1)C1c2ccccc2Oc2ccccc21. The van der Waals surface area contributed by atoms with Crippen LogP contribution in [0.4, 0.5) is 0 Å². The minimum absolute atomic E-state index is 0.0574. The van der Waals surface area contributed by atoms with Gasteiger partial charge in [-0.1, -0.05) is 55.3 Å². The Morgan fingerprint density at radius 3 is 2.29 bits per heavy atom. The molecule has 1 aliphatic carbocycles. The smallest absolute Gasteiger partial charge is 0.232 e. The lowest BCUT2D eigenvalue weighted by Gasteiger charge is -2.27. The number of nitrogens with one attached hydrogen (secondary N) is 1. The highest BCUT2D eigenvalue weighted by Crippen LogP contribution is 2.44. The summed E-state index contributed by atoms with van der Waals surface area (Å²) in [6.07, 6.45) is 6.51. The second-order valence-electron chi connectivity index (χ2n) is 8.95. The summed E-state index contributed by atoms with van der Waals surface area (Å²) in [7, 11) is 0. The van der Waals surface area contributed by atoms with Crippen LogP contribution in [-0.4, -0.2) is 20.7 Å². The molecule has 0 saturated heterocycles. The van der Waals surface area contributed by atoms with Gasteiger partial charge in [-0.3, -0.25) is 14.5 Å². The van der Waals surface area contributed by atoms with Crippen LogP contribution in [0.2, 0.25) is 0 Å². The van der Waals surface area contributed by atoms with Crippen molar-refractivity contribution >= 4 is 5.91 Å². The van der Waals surface area contributed by atoms with Gasteiger partial charge < -0.3 is 10.1 Å². The van der Waals surface area contributed by atoms with E-state index in [1.54, 1.807) is 0 Å². The number of nitrogens with zero attached hydrogens (tertiary/aromatic N) is 3. The second kappa shape index (κ2) is 8.78. The molecule has 1 N–H and O–H groups in total. The Labute approximate surface area is 198 Å². The zero-order valence-corrected chi connectivity index (χ0v) is 18.9. The molecule has 0 bridgehead atoms. The molecule has 1 aliphatic heterocycles. The van der Waals surface area contributed by atoms with Gasteiger partial charge in [-0.25, -0.2) is 0 Å². The number of benzene rings is 2. The number of aromatic nitrogens is 3. The van der Waals surface area contributed by atoms with Crippen molar-refractivity contribution in [3.8, 4) is 22.9 Å². The van der Waals surface area contributed by atoms with Crippen LogP contribution < -0.4 is 10.1 Å². The Bertz CT molecular complexity index is 1280. The van der Waals surface area contributed by atoms with E-state index in [4.69, 9.17) is 9.84 Å². The Morgan fingerprint density at radius 2 is 1.62 bits per heavy atom. The summed E-state index contributed by atoms with van der Waals surface area (Å²) in [4.78, 5) is 18.1. The molecule has 170 valence electrons. The highest BCUT2D eigenvalue weighted by atomic mass is 16.5. The number of amides is 1. The maximum Gasteiger partial charge on any atom is 0.232 e. The normalized spacial score (nSPS) is 15.4. The first kappa shape index (κ1) is 20.7. The molecule has 2 aromatic carbocycles. The average molecular weight is 451 g/mol. The van der Waals surface area contributed by atoms with Crippen LogP contribution in [-0.2, 0) is 11.3 Å². The number of carbonyl (C=O) groups is 1. The maximum absolute atomic E-state index is 13.5. The quantitative estimate of drug-likeness (QED) is 0.429. The van der Waals surface area contributed by atoms with Crippen molar-refractivity contribution in [3.05, 3.63) is 95.8 Å². The zero-order chi connectivity index (χ0) is 22.9. The average Bonchev–Trinajstić information content (AvgIpc) is 3.56. The summed E-state index contributed by atoms with van der Waals surface area (Å²) >= 11 is 0. The summed E-state index contributed by atoms with van der Waals surface area (Å²) in [6.45, 7) is 0.361. The van der Waals surface area contributed by atoms with Crippen LogP contribution in [0.1, 0.15) is 54.5 Å². The first-order valence-electron chi connectivity index (χ1n) is 11.9. The third-order valence-electron chi connectivity index (χ3n) is 6.77. The minimum atomic E-state index is -0.423. The number of pyridine rings is 1. The van der Waals surface area contributed by atoms with Gasteiger partial charge in [-0.2, -0.15) is 5.10 Å². The number of carbonyl (C=O) groups excluding carboxylic acids is 1. The largest absolute Gasteiger partial charge is 0.457 e. The van der Waals surface area contributed by atoms with Gasteiger partial charge in [0.05, 0.1) is 35.6 Å². The molecule has 0 unspecified atom stereocenters. The van der Waals surface area contributed by atoms with Crippen LogP contribution in [0.25, 0.3) is 11.4 Å². The van der Waals surface area contributed by atoms with Crippen LogP contribution in [0.15, 0.2) is 79.0 Å². The highest BCUT2D eigenvalue weighted by molar-refractivity contribution is 5.89. The van der Waals surface area contributed by atoms with Gasteiger partial charge in [0.1, 0.15) is 11.5 Å². The number of hydrogen-bond acceptors (Lipinski definition) is 4. The summed E-state index contributed by atoms with van der Waals surface area (Å²) in [5, 5.41) is 8.05. The van der Waals surface area contributed by atoms with Crippen LogP contribution in [0, 0.1) is 0 Å². The molecule has 34 heavy (non-hydrogen) atoms. The molecule has 3 heterocycles. The number of fused-ring (bicyclic) bond motifs is 2. The molecule has 0 radical (unpaired) electrons. The Balaban J connectivity index is 1.28. The first-order chi connectivity index (χ1) is 16.8. The van der Waals surface area contributed by atoms with Crippen LogP contribution in [0.5, 0.6) is 11.5 Å². The third kappa shape index (κ3) is 3.75. The van der Waals surface area contributed by atoms with Crippen molar-refractivity contribution in [2.45, 2.75) is 44.2 Å². The predicted molar refractivity (Wildman–Crippen MR) is 130 cm³/mol. The first-order valence-corrected chi connectivity index (χ1v) is 11.9. The van der Waals surface area contributed by atoms with E-state index in [9.17, 15) is 4.79 Å². The lowest BCUT2D eigenvalue weighted by molar-refractivity contribution is -0.122. The lowest BCUT2D eigenvalue weighted by Crippen LogP contribution is -2.31. The molecule has 1 fully saturated rings. The van der Waals surface area contributed by atoms with Gasteiger partial charge in [-0.05, 0) is 43.2 Å². The van der Waals surface area contributed by atoms with E-state index in [0.29, 0.717) is 12.6 Å². The minimum Gasteiger partial charge on any atom is -0.457 e. The Morgan fingerprint density at radius 1 is 0.941 bits per heavy atom. The van der Waals surface area contributed by atoms with E-state index < -0.39 is 5.92 Å². The number of para-hydroxylation sites is 2. The zero-order valence-electron chi connectivity index (χ0n) is 18.9. The molecular formula is C28H26N4O2. The number of ether oxygens (including phenoxy) is 1. The van der Waals surface area contributed by atoms with Gasteiger partial charge >= 0.3 is 0 Å². The van der Waals surface area contributed by atoms with E-state index in [1.807, 2.05) is 72.9 Å². The van der Waals surface area contributed by atoms with Crippen LogP contribution >= 0.6 is 0 Å². The van der Waals surface area contributed by atoms with Crippen molar-refractivity contribution in [1.82, 2.24) is 20.1 Å². The summed E-state index contributed by atoms with van der Waals surface area (Å²) in [5.41, 5.74) is 4.52. The van der Waals surface area contributed by atoms with Gasteiger partial charge in [0.25, 0.3) is 0 Å². The van der Waals surface area contributed by atoms with E-state index >= 15 is 0 Å². The number of hydrogen-bond donors (Lipinski definition) is 1. The molecule has 1 amide bonds. The Hall–Kier alpha value is -3.93. The van der Waals surface area contributed by atoms with E-state index in [-0.39, 0.29) is 5.91 Å². The summed E-state index contributed by atoms with van der Waals surface area (Å²) in [5.74, 6) is 0.972. The van der Waals surface area contributed by atoms with Crippen molar-refractivity contribution in [1.29, 1.82) is 0 Å². The molecular weight excluding hydrogens is 424 g/mol. The molecule has 6 heteroatoms. The van der Waals surface area contributed by atoms with E-state index in [2.05, 4.69) is 21.0 Å². The van der Waals surface area contributed by atoms with Crippen molar-refractivity contribution in [2.24, 2.45) is 0 Å². The molecule has 6 nitrogen and oxygen atoms in total. The van der Waals surface area contributed by atoms with Crippen LogP contribution in [0.3, 0.4) is 0 Å².